The molecule has 1 rings (SSSR count). The van der Waals surface area contributed by atoms with Crippen LogP contribution < -0.4 is 4.74 Å². The molecule has 1 N–H and O–H groups in total. The van der Waals surface area contributed by atoms with E-state index >= 15 is 0 Å². The highest BCUT2D eigenvalue weighted by Gasteiger charge is 2.01. The molecule has 0 atom stereocenters. The standard InChI is InChI=1S/C21H34O3/c1-2-3-4-5-6-7-8-9-10-11-12-14-19-15-13-16-20(17-19)24-18-21(22)23/h13,15-17H,2-12,14,18H2,1H3,(H,22,23). The van der Waals surface area contributed by atoms with Crippen molar-refractivity contribution in [3.8, 4) is 5.75 Å². The lowest BCUT2D eigenvalue weighted by molar-refractivity contribution is -0.139. The van der Waals surface area contributed by atoms with Crippen LogP contribution in [-0.2, 0) is 11.2 Å². The van der Waals surface area contributed by atoms with Crippen LogP contribution in [0.2, 0.25) is 0 Å². The number of carboxylic acid groups (broad SMARTS) is 1. The second kappa shape index (κ2) is 13.9. The molecular formula is C21H34O3. The fourth-order valence-electron chi connectivity index (χ4n) is 2.93. The third kappa shape index (κ3) is 11.1. The van der Waals surface area contributed by atoms with E-state index < -0.39 is 5.97 Å². The Balaban J connectivity index is 2.01. The smallest absolute Gasteiger partial charge is 0.341 e. The molecule has 0 fully saturated rings. The van der Waals surface area contributed by atoms with Gasteiger partial charge in [0.25, 0.3) is 0 Å². The lowest BCUT2D eigenvalue weighted by atomic mass is 10.0. The van der Waals surface area contributed by atoms with Crippen molar-refractivity contribution in [3.63, 3.8) is 0 Å². The Morgan fingerprint density at radius 2 is 1.50 bits per heavy atom. The van der Waals surface area contributed by atoms with Crippen molar-refractivity contribution in [1.82, 2.24) is 0 Å². The minimum Gasteiger partial charge on any atom is -0.482 e. The van der Waals surface area contributed by atoms with Crippen molar-refractivity contribution in [3.05, 3.63) is 29.8 Å². The van der Waals surface area contributed by atoms with E-state index in [1.165, 1.54) is 76.2 Å². The SMILES string of the molecule is CCCCCCCCCCCCCc1cccc(OCC(=O)O)c1. The Hall–Kier alpha value is -1.51. The summed E-state index contributed by atoms with van der Waals surface area (Å²) >= 11 is 0. The Morgan fingerprint density at radius 3 is 2.08 bits per heavy atom. The van der Waals surface area contributed by atoms with E-state index in [9.17, 15) is 4.79 Å². The van der Waals surface area contributed by atoms with Gasteiger partial charge >= 0.3 is 5.97 Å². The summed E-state index contributed by atoms with van der Waals surface area (Å²) in [6.07, 6.45) is 15.9. The van der Waals surface area contributed by atoms with Crippen molar-refractivity contribution < 1.29 is 14.6 Å². The zero-order chi connectivity index (χ0) is 17.5. The van der Waals surface area contributed by atoms with E-state index in [4.69, 9.17) is 9.84 Å². The van der Waals surface area contributed by atoms with Gasteiger partial charge in [-0.25, -0.2) is 4.79 Å². The molecule has 136 valence electrons. The molecule has 0 aromatic heterocycles. The van der Waals surface area contributed by atoms with Crippen LogP contribution in [0.4, 0.5) is 0 Å². The predicted molar refractivity (Wildman–Crippen MR) is 99.7 cm³/mol. The molecule has 0 aliphatic rings. The largest absolute Gasteiger partial charge is 0.482 e. The van der Waals surface area contributed by atoms with Gasteiger partial charge in [-0.2, -0.15) is 0 Å². The summed E-state index contributed by atoms with van der Waals surface area (Å²) in [5.41, 5.74) is 1.23. The van der Waals surface area contributed by atoms with Gasteiger partial charge in [-0.05, 0) is 30.5 Å². The number of hydrogen-bond donors (Lipinski definition) is 1. The highest BCUT2D eigenvalue weighted by Crippen LogP contribution is 2.16. The van der Waals surface area contributed by atoms with Crippen molar-refractivity contribution in [1.29, 1.82) is 0 Å². The Bertz CT molecular complexity index is 442. The first-order valence-corrected chi connectivity index (χ1v) is 9.66. The number of ether oxygens (including phenoxy) is 1. The Morgan fingerprint density at radius 1 is 0.917 bits per heavy atom. The second-order valence-electron chi connectivity index (χ2n) is 6.62. The Kier molecular flexibility index (Phi) is 11.9. The van der Waals surface area contributed by atoms with Crippen molar-refractivity contribution in [2.45, 2.75) is 84.0 Å². The first-order chi connectivity index (χ1) is 11.7. The van der Waals surface area contributed by atoms with E-state index in [1.807, 2.05) is 18.2 Å². The van der Waals surface area contributed by atoms with Gasteiger partial charge in [0.1, 0.15) is 5.75 Å². The molecule has 0 saturated carbocycles. The maximum Gasteiger partial charge on any atom is 0.341 e. The van der Waals surface area contributed by atoms with E-state index in [0.717, 1.165) is 6.42 Å². The topological polar surface area (TPSA) is 46.5 Å². The van der Waals surface area contributed by atoms with Gasteiger partial charge in [-0.3, -0.25) is 0 Å². The lowest BCUT2D eigenvalue weighted by Gasteiger charge is -2.06. The highest BCUT2D eigenvalue weighted by atomic mass is 16.5. The molecule has 1 aromatic carbocycles. The molecule has 3 heteroatoms. The zero-order valence-corrected chi connectivity index (χ0v) is 15.3. The fourth-order valence-corrected chi connectivity index (χ4v) is 2.93. The molecule has 0 heterocycles. The summed E-state index contributed by atoms with van der Waals surface area (Å²) in [5.74, 6) is -0.288. The summed E-state index contributed by atoms with van der Waals surface area (Å²) in [6.45, 7) is 1.99. The van der Waals surface area contributed by atoms with Crippen LogP contribution >= 0.6 is 0 Å². The average Bonchev–Trinajstić information content (AvgIpc) is 2.58. The third-order valence-electron chi connectivity index (χ3n) is 4.33. The highest BCUT2D eigenvalue weighted by molar-refractivity contribution is 5.68. The number of aliphatic carboxylic acids is 1. The quantitative estimate of drug-likeness (QED) is 0.400. The van der Waals surface area contributed by atoms with Crippen molar-refractivity contribution in [2.24, 2.45) is 0 Å². The fraction of sp³-hybridized carbons (Fsp3) is 0.667. The molecule has 0 unspecified atom stereocenters. The minimum atomic E-state index is -0.939. The second-order valence-corrected chi connectivity index (χ2v) is 6.62. The lowest BCUT2D eigenvalue weighted by Crippen LogP contribution is -2.09. The molecule has 1 aromatic rings. The van der Waals surface area contributed by atoms with Crippen LogP contribution in [-0.4, -0.2) is 17.7 Å². The number of unbranched alkanes of at least 4 members (excludes halogenated alkanes) is 10. The molecule has 0 bridgehead atoms. The Labute approximate surface area is 147 Å². The molecule has 0 saturated heterocycles. The summed E-state index contributed by atoms with van der Waals surface area (Å²) < 4.78 is 5.22. The number of benzene rings is 1. The van der Waals surface area contributed by atoms with Gasteiger partial charge in [0.15, 0.2) is 6.61 Å². The van der Waals surface area contributed by atoms with Gasteiger partial charge < -0.3 is 9.84 Å². The van der Waals surface area contributed by atoms with Gasteiger partial charge in [0.05, 0.1) is 0 Å². The number of carboxylic acids is 1. The van der Waals surface area contributed by atoms with E-state index in [2.05, 4.69) is 13.0 Å². The van der Waals surface area contributed by atoms with Crippen LogP contribution in [0, 0.1) is 0 Å². The normalized spacial score (nSPS) is 10.7. The van der Waals surface area contributed by atoms with E-state index in [1.54, 1.807) is 0 Å². The van der Waals surface area contributed by atoms with E-state index in [-0.39, 0.29) is 6.61 Å². The molecular weight excluding hydrogens is 300 g/mol. The van der Waals surface area contributed by atoms with E-state index in [0.29, 0.717) is 5.75 Å². The van der Waals surface area contributed by atoms with Crippen LogP contribution in [0.15, 0.2) is 24.3 Å². The zero-order valence-electron chi connectivity index (χ0n) is 15.3. The molecule has 0 aliphatic heterocycles. The van der Waals surface area contributed by atoms with Crippen LogP contribution in [0.3, 0.4) is 0 Å². The average molecular weight is 335 g/mol. The molecule has 3 nitrogen and oxygen atoms in total. The summed E-state index contributed by atoms with van der Waals surface area (Å²) in [4.78, 5) is 10.5. The van der Waals surface area contributed by atoms with Gasteiger partial charge in [-0.1, -0.05) is 83.3 Å². The number of hydrogen-bond acceptors (Lipinski definition) is 2. The van der Waals surface area contributed by atoms with Crippen LogP contribution in [0.5, 0.6) is 5.75 Å². The number of aryl methyl sites for hydroxylation is 1. The van der Waals surface area contributed by atoms with Gasteiger partial charge in [0.2, 0.25) is 0 Å². The van der Waals surface area contributed by atoms with Crippen molar-refractivity contribution in [2.75, 3.05) is 6.61 Å². The molecule has 0 amide bonds. The van der Waals surface area contributed by atoms with Crippen LogP contribution in [0.1, 0.15) is 83.1 Å². The third-order valence-corrected chi connectivity index (χ3v) is 4.33. The number of carbonyl (C=O) groups is 1. The summed E-state index contributed by atoms with van der Waals surface area (Å²) in [7, 11) is 0. The number of rotatable bonds is 15. The van der Waals surface area contributed by atoms with Gasteiger partial charge in [-0.15, -0.1) is 0 Å². The molecule has 0 spiro atoms. The molecule has 24 heavy (non-hydrogen) atoms. The van der Waals surface area contributed by atoms with Gasteiger partial charge in [0, 0.05) is 0 Å². The molecule has 0 aliphatic carbocycles. The minimum absolute atomic E-state index is 0.276. The first-order valence-electron chi connectivity index (χ1n) is 9.66. The predicted octanol–water partition coefficient (Wildman–Crippen LogP) is 6.00. The monoisotopic (exact) mass is 334 g/mol. The van der Waals surface area contributed by atoms with Crippen LogP contribution in [0.25, 0.3) is 0 Å². The summed E-state index contributed by atoms with van der Waals surface area (Å²) in [6, 6.07) is 7.79. The molecule has 0 radical (unpaired) electrons. The first kappa shape index (κ1) is 20.5. The maximum absolute atomic E-state index is 10.5. The maximum atomic E-state index is 10.5. The van der Waals surface area contributed by atoms with Crippen molar-refractivity contribution >= 4 is 5.97 Å². The summed E-state index contributed by atoms with van der Waals surface area (Å²) in [5, 5.41) is 8.63.